The summed E-state index contributed by atoms with van der Waals surface area (Å²) in [4.78, 5) is 63.4. The van der Waals surface area contributed by atoms with Gasteiger partial charge < -0.3 is 25.4 Å². The molecule has 4 fully saturated rings. The molecule has 232 valence electrons. The number of hydrogen-bond acceptors (Lipinski definition) is 5. The topological polar surface area (TPSA) is 161 Å². The number of amides is 4. The predicted octanol–water partition coefficient (Wildman–Crippen LogP) is 5.11. The van der Waals surface area contributed by atoms with Gasteiger partial charge in [-0.3, -0.25) is 14.1 Å². The molecule has 1 saturated heterocycles. The van der Waals surface area contributed by atoms with Gasteiger partial charge in [-0.25, -0.2) is 23.0 Å². The maximum Gasteiger partial charge on any atom is 0.470 e. The van der Waals surface area contributed by atoms with Gasteiger partial charge in [0.15, 0.2) is 11.6 Å². The van der Waals surface area contributed by atoms with Crippen molar-refractivity contribution in [3.63, 3.8) is 0 Å². The molecule has 1 atom stereocenters. The number of phosphoric acid groups is 1. The Morgan fingerprint density at radius 1 is 1.11 bits per heavy atom. The molecule has 5 N–H and O–H groups in total. The van der Waals surface area contributed by atoms with E-state index in [1.165, 1.54) is 6.08 Å². The second kappa shape index (κ2) is 10.8. The molecule has 44 heavy (non-hydrogen) atoms. The molecule has 4 aliphatic rings. The van der Waals surface area contributed by atoms with Crippen molar-refractivity contribution in [1.82, 2.24) is 20.5 Å². The van der Waals surface area contributed by atoms with Crippen molar-refractivity contribution in [3.8, 4) is 0 Å². The summed E-state index contributed by atoms with van der Waals surface area (Å²) in [5, 5.41) is 6.71. The number of aromatic nitrogens is 1. The number of rotatable bonds is 7. The molecule has 1 unspecified atom stereocenters. The molecule has 3 aliphatic carbocycles. The Balaban J connectivity index is 1.31. The van der Waals surface area contributed by atoms with E-state index in [9.17, 15) is 37.5 Å². The minimum Gasteiger partial charge on any atom is -0.360 e. The zero-order valence-corrected chi connectivity index (χ0v) is 25.0. The number of carbonyl (C=O) groups is 3. The molecule has 0 radical (unpaired) electrons. The normalized spacial score (nSPS) is 25.1. The first-order chi connectivity index (χ1) is 20.7. The molecule has 11 nitrogen and oxygen atoms in total. The summed E-state index contributed by atoms with van der Waals surface area (Å²) in [5.41, 5.74) is 0.0384. The number of carbonyl (C=O) groups excluding carboxylic acids is 3. The number of imide groups is 1. The number of hydrogen-bond donors (Lipinski definition) is 5. The molecule has 0 spiro atoms. The Kier molecular flexibility index (Phi) is 7.45. The van der Waals surface area contributed by atoms with Crippen LogP contribution in [0.4, 0.5) is 13.6 Å². The highest BCUT2D eigenvalue weighted by Crippen LogP contribution is 2.55. The molecule has 3 aromatic rings. The average Bonchev–Trinajstić information content (AvgIpc) is 3.49. The third-order valence-electron chi connectivity index (χ3n) is 8.94. The lowest BCUT2D eigenvalue weighted by atomic mass is 9.63. The molecule has 2 bridgehead atoms. The van der Waals surface area contributed by atoms with Crippen LogP contribution in [0.3, 0.4) is 0 Å². The minimum absolute atomic E-state index is 0.120. The second-order valence-electron chi connectivity index (χ2n) is 11.6. The molecule has 3 saturated carbocycles. The van der Waals surface area contributed by atoms with Crippen LogP contribution >= 0.6 is 19.4 Å². The number of nitrogens with zero attached hydrogens (tertiary/aromatic N) is 1. The van der Waals surface area contributed by atoms with E-state index in [0.29, 0.717) is 34.7 Å². The van der Waals surface area contributed by atoms with Crippen LogP contribution in [0.5, 0.6) is 0 Å². The van der Waals surface area contributed by atoms with Gasteiger partial charge in [0.2, 0.25) is 5.91 Å². The van der Waals surface area contributed by atoms with Gasteiger partial charge in [-0.1, -0.05) is 23.7 Å². The lowest BCUT2D eigenvalue weighted by Gasteiger charge is -2.53. The summed E-state index contributed by atoms with van der Waals surface area (Å²) in [7, 11) is -4.74. The van der Waals surface area contributed by atoms with Crippen LogP contribution in [-0.2, 0) is 18.7 Å². The first-order valence-corrected chi connectivity index (χ1v) is 15.8. The number of halogens is 3. The lowest BCUT2D eigenvalue weighted by Crippen LogP contribution is -2.61. The van der Waals surface area contributed by atoms with Crippen LogP contribution in [0.2, 0.25) is 5.02 Å². The van der Waals surface area contributed by atoms with Gasteiger partial charge in [-0.2, -0.15) is 0 Å². The Morgan fingerprint density at radius 2 is 1.80 bits per heavy atom. The highest BCUT2D eigenvalue weighted by Gasteiger charge is 2.53. The molecule has 15 heteroatoms. The van der Waals surface area contributed by atoms with Gasteiger partial charge in [-0.15, -0.1) is 0 Å². The summed E-state index contributed by atoms with van der Waals surface area (Å²) < 4.78 is 44.9. The number of phosphoric ester groups is 1. The summed E-state index contributed by atoms with van der Waals surface area (Å²) in [6.45, 7) is 1.83. The van der Waals surface area contributed by atoms with Crippen molar-refractivity contribution in [3.05, 3.63) is 75.6 Å². The summed E-state index contributed by atoms with van der Waals surface area (Å²) in [6, 6.07) is 3.61. The summed E-state index contributed by atoms with van der Waals surface area (Å²) in [5.74, 6) is -4.06. The van der Waals surface area contributed by atoms with Crippen molar-refractivity contribution in [1.29, 1.82) is 0 Å². The van der Waals surface area contributed by atoms with E-state index in [1.807, 2.05) is 6.92 Å². The van der Waals surface area contributed by atoms with E-state index in [2.05, 4.69) is 15.6 Å². The smallest absolute Gasteiger partial charge is 0.360 e. The highest BCUT2D eigenvalue weighted by atomic mass is 35.5. The van der Waals surface area contributed by atoms with Crippen LogP contribution in [0.1, 0.15) is 61.3 Å². The Labute approximate surface area is 254 Å². The average molecular weight is 649 g/mol. The molecule has 1 aliphatic heterocycles. The van der Waals surface area contributed by atoms with Gasteiger partial charge in [0.05, 0.1) is 11.1 Å². The Morgan fingerprint density at radius 3 is 2.43 bits per heavy atom. The molecule has 4 amide bonds. The van der Waals surface area contributed by atoms with E-state index < -0.39 is 54.5 Å². The molecule has 7 rings (SSSR count). The fraction of sp³-hybridized carbons (Fsp3) is 0.345. The third kappa shape index (κ3) is 5.43. The number of urea groups is 1. The van der Waals surface area contributed by atoms with Crippen molar-refractivity contribution >= 4 is 54.2 Å². The number of nitrogens with one attached hydrogen (secondary N) is 3. The van der Waals surface area contributed by atoms with Gasteiger partial charge in [-0.05, 0) is 80.9 Å². The van der Waals surface area contributed by atoms with Crippen molar-refractivity contribution in [2.24, 2.45) is 0 Å². The number of aryl methyl sites for hydroxylation is 1. The number of benzene rings is 2. The zero-order valence-electron chi connectivity index (χ0n) is 23.3. The van der Waals surface area contributed by atoms with Crippen LogP contribution < -0.4 is 10.6 Å². The SMILES string of the molecule is Cc1c(Cl)ccc2c(/C=C3\NC(=O)N(C(C(=O)NC45CCC(OP(=O)(O)O)(CC4)CC5)c4ccc(F)c(F)c4)C3=O)c[nH]c12. The first kappa shape index (κ1) is 30.4. The lowest BCUT2D eigenvalue weighted by molar-refractivity contribution is -0.137. The minimum atomic E-state index is -4.74. The molecule has 1 aromatic heterocycles. The summed E-state index contributed by atoms with van der Waals surface area (Å²) in [6.07, 6.45) is 4.84. The standard InChI is InChI=1S/C29H28ClF2N4O7P/c1-15-19(30)4-3-18-17(14-33-23(15)18)13-22-26(38)36(27(39)34-22)24(16-2-5-20(31)21(32)12-16)25(37)35-28-6-9-29(10-7-28,11-8-28)43-44(40,41)42/h2-5,12-14,24,33H,6-11H2,1H3,(H,34,39)(H,35,37)(H2,40,41,42)/b22-13-. The van der Waals surface area contributed by atoms with Crippen molar-refractivity contribution in [2.45, 2.75) is 62.6 Å². The van der Waals surface area contributed by atoms with Crippen LogP contribution in [0.15, 0.2) is 42.2 Å². The van der Waals surface area contributed by atoms with Gasteiger partial charge >= 0.3 is 13.9 Å². The van der Waals surface area contributed by atoms with Gasteiger partial charge in [0.25, 0.3) is 5.91 Å². The largest absolute Gasteiger partial charge is 0.470 e. The molecular formula is C29H28ClF2N4O7P. The van der Waals surface area contributed by atoms with E-state index in [0.717, 1.165) is 34.7 Å². The number of H-pyrrole nitrogens is 1. The second-order valence-corrected chi connectivity index (χ2v) is 13.2. The molecular weight excluding hydrogens is 621 g/mol. The number of aromatic amines is 1. The van der Waals surface area contributed by atoms with Crippen LogP contribution in [0.25, 0.3) is 17.0 Å². The summed E-state index contributed by atoms with van der Waals surface area (Å²) >= 11 is 6.22. The maximum absolute atomic E-state index is 14.4. The van der Waals surface area contributed by atoms with E-state index >= 15 is 0 Å². The molecule has 2 aromatic carbocycles. The number of fused-ring (bicyclic) bond motifs is 4. The predicted molar refractivity (Wildman–Crippen MR) is 155 cm³/mol. The molecule has 2 heterocycles. The first-order valence-electron chi connectivity index (χ1n) is 13.9. The Bertz CT molecular complexity index is 1780. The van der Waals surface area contributed by atoms with Crippen LogP contribution in [0, 0.1) is 18.6 Å². The fourth-order valence-corrected chi connectivity index (χ4v) is 7.49. The third-order valence-corrected chi connectivity index (χ3v) is 9.97. The highest BCUT2D eigenvalue weighted by molar-refractivity contribution is 7.46. The Hall–Kier alpha value is -3.61. The maximum atomic E-state index is 14.4. The van der Waals surface area contributed by atoms with E-state index in [-0.39, 0.29) is 30.5 Å². The monoisotopic (exact) mass is 648 g/mol. The van der Waals surface area contributed by atoms with Gasteiger partial charge in [0.1, 0.15) is 11.7 Å². The van der Waals surface area contributed by atoms with E-state index in [1.54, 1.807) is 18.3 Å². The van der Waals surface area contributed by atoms with Crippen molar-refractivity contribution in [2.75, 3.05) is 0 Å². The van der Waals surface area contributed by atoms with Crippen LogP contribution in [-0.4, -0.2) is 48.7 Å². The zero-order chi connectivity index (χ0) is 31.6. The van der Waals surface area contributed by atoms with E-state index in [4.69, 9.17) is 16.1 Å². The quantitative estimate of drug-likeness (QED) is 0.135. The van der Waals surface area contributed by atoms with Crippen molar-refractivity contribution < 1.29 is 42.0 Å². The fourth-order valence-electron chi connectivity index (χ4n) is 6.56. The van der Waals surface area contributed by atoms with Gasteiger partial charge in [0, 0.05) is 27.7 Å².